The van der Waals surface area contributed by atoms with E-state index < -0.39 is 0 Å². The van der Waals surface area contributed by atoms with E-state index in [0.717, 1.165) is 36.9 Å². The lowest BCUT2D eigenvalue weighted by atomic mass is 10.2. The molecule has 0 saturated carbocycles. The average Bonchev–Trinajstić information content (AvgIpc) is 2.64. The molecule has 0 amide bonds. The Labute approximate surface area is 160 Å². The molecule has 5 heteroatoms. The van der Waals surface area contributed by atoms with Crippen LogP contribution >= 0.6 is 23.4 Å². The summed E-state index contributed by atoms with van der Waals surface area (Å²) in [4.78, 5) is 11.9. The molecule has 0 atom stereocenters. The van der Waals surface area contributed by atoms with Gasteiger partial charge in [-0.25, -0.2) is 4.98 Å². The molecule has 0 radical (unpaired) electrons. The predicted molar refractivity (Wildman–Crippen MR) is 108 cm³/mol. The highest BCUT2D eigenvalue weighted by Crippen LogP contribution is 2.47. The fraction of sp³-hybridized carbons (Fsp3) is 0.450. The van der Waals surface area contributed by atoms with Crippen molar-refractivity contribution in [3.8, 4) is 0 Å². The smallest absolute Gasteiger partial charge is 0.147 e. The Hall–Kier alpha value is -1.23. The van der Waals surface area contributed by atoms with E-state index in [9.17, 15) is 0 Å². The Kier molecular flexibility index (Phi) is 6.63. The third kappa shape index (κ3) is 4.49. The average molecular weight is 376 g/mol. The third-order valence-electron chi connectivity index (χ3n) is 4.69. The fourth-order valence-corrected chi connectivity index (χ4v) is 4.45. The van der Waals surface area contributed by atoms with E-state index in [4.69, 9.17) is 11.6 Å². The summed E-state index contributed by atoms with van der Waals surface area (Å²) in [6, 6.07) is 10.3. The van der Waals surface area contributed by atoms with Gasteiger partial charge in [0.15, 0.2) is 0 Å². The predicted octanol–water partition coefficient (Wildman–Crippen LogP) is 5.85. The molecule has 3 rings (SSSR count). The highest BCUT2D eigenvalue weighted by atomic mass is 35.5. The van der Waals surface area contributed by atoms with Crippen LogP contribution in [-0.2, 0) is 0 Å². The fourth-order valence-electron chi connectivity index (χ4n) is 3.23. The van der Waals surface area contributed by atoms with Crippen molar-refractivity contribution >= 4 is 34.9 Å². The zero-order valence-corrected chi connectivity index (χ0v) is 16.6. The van der Waals surface area contributed by atoms with Gasteiger partial charge >= 0.3 is 0 Å². The van der Waals surface area contributed by atoms with E-state index in [-0.39, 0.29) is 0 Å². The standard InChI is InChI=1S/C20H26ClN3S/c1-3-23(4-2)13-6-5-7-14-24-17-15-16(21)10-11-18(17)25-19-9-8-12-22-20(19)24/h8-12,15H,3-7,13-14H2,1-2H3. The minimum absolute atomic E-state index is 0.783. The van der Waals surface area contributed by atoms with Crippen LogP contribution in [0.1, 0.15) is 33.1 Å². The van der Waals surface area contributed by atoms with Gasteiger partial charge < -0.3 is 9.80 Å². The molecular weight excluding hydrogens is 350 g/mol. The van der Waals surface area contributed by atoms with E-state index in [1.165, 1.54) is 34.9 Å². The number of halogens is 1. The highest BCUT2D eigenvalue weighted by molar-refractivity contribution is 7.99. The first kappa shape index (κ1) is 18.6. The molecule has 0 bridgehead atoms. The monoisotopic (exact) mass is 375 g/mol. The lowest BCUT2D eigenvalue weighted by Gasteiger charge is -2.31. The van der Waals surface area contributed by atoms with Crippen LogP contribution in [0.2, 0.25) is 5.02 Å². The maximum absolute atomic E-state index is 6.26. The minimum Gasteiger partial charge on any atom is -0.324 e. The number of hydrogen-bond donors (Lipinski definition) is 0. The molecule has 2 heterocycles. The van der Waals surface area contributed by atoms with E-state index in [0.29, 0.717) is 0 Å². The van der Waals surface area contributed by atoms with Crippen molar-refractivity contribution < 1.29 is 0 Å². The Morgan fingerprint density at radius 3 is 2.72 bits per heavy atom. The van der Waals surface area contributed by atoms with Crippen molar-refractivity contribution in [3.63, 3.8) is 0 Å². The quantitative estimate of drug-likeness (QED) is 0.539. The summed E-state index contributed by atoms with van der Waals surface area (Å²) in [5.74, 6) is 1.06. The van der Waals surface area contributed by atoms with Crippen LogP contribution in [0, 0.1) is 0 Å². The van der Waals surface area contributed by atoms with Gasteiger partial charge in [0.1, 0.15) is 5.82 Å². The van der Waals surface area contributed by atoms with Gasteiger partial charge in [-0.1, -0.05) is 43.6 Å². The molecule has 0 aliphatic carbocycles. The minimum atomic E-state index is 0.783. The van der Waals surface area contributed by atoms with Crippen LogP contribution in [0.5, 0.6) is 0 Å². The van der Waals surface area contributed by atoms with Crippen molar-refractivity contribution in [2.75, 3.05) is 31.1 Å². The molecule has 25 heavy (non-hydrogen) atoms. The summed E-state index contributed by atoms with van der Waals surface area (Å²) in [5.41, 5.74) is 1.19. The summed E-state index contributed by atoms with van der Waals surface area (Å²) in [5, 5.41) is 0.783. The lowest BCUT2D eigenvalue weighted by Crippen LogP contribution is -2.25. The number of nitrogens with zero attached hydrogens (tertiary/aromatic N) is 3. The molecule has 0 fully saturated rings. The van der Waals surface area contributed by atoms with Gasteiger partial charge in [0.05, 0.1) is 10.6 Å². The summed E-state index contributed by atoms with van der Waals surface area (Å²) in [6.45, 7) is 8.93. The third-order valence-corrected chi connectivity index (χ3v) is 6.03. The van der Waals surface area contributed by atoms with Gasteiger partial charge in [0, 0.05) is 22.7 Å². The number of hydrogen-bond acceptors (Lipinski definition) is 4. The largest absolute Gasteiger partial charge is 0.324 e. The van der Waals surface area contributed by atoms with Crippen LogP contribution in [0.4, 0.5) is 11.5 Å². The van der Waals surface area contributed by atoms with Crippen molar-refractivity contribution in [1.29, 1.82) is 0 Å². The second-order valence-corrected chi connectivity index (χ2v) is 7.80. The summed E-state index contributed by atoms with van der Waals surface area (Å²) >= 11 is 8.04. The molecule has 2 aromatic rings. The molecular formula is C20H26ClN3S. The van der Waals surface area contributed by atoms with Gasteiger partial charge in [0.25, 0.3) is 0 Å². The lowest BCUT2D eigenvalue weighted by molar-refractivity contribution is 0.296. The molecule has 1 aromatic heterocycles. The highest BCUT2D eigenvalue weighted by Gasteiger charge is 2.24. The first-order valence-electron chi connectivity index (χ1n) is 9.15. The van der Waals surface area contributed by atoms with Crippen molar-refractivity contribution in [3.05, 3.63) is 41.6 Å². The first-order chi connectivity index (χ1) is 12.2. The normalized spacial score (nSPS) is 13.0. The van der Waals surface area contributed by atoms with Crippen molar-refractivity contribution in [1.82, 2.24) is 9.88 Å². The molecule has 3 nitrogen and oxygen atoms in total. The molecule has 0 N–H and O–H groups in total. The van der Waals surface area contributed by atoms with Gasteiger partial charge in [-0.15, -0.1) is 0 Å². The van der Waals surface area contributed by atoms with Crippen LogP contribution in [0.15, 0.2) is 46.3 Å². The maximum atomic E-state index is 6.26. The summed E-state index contributed by atoms with van der Waals surface area (Å²) in [6.07, 6.45) is 5.52. The molecule has 0 saturated heterocycles. The van der Waals surface area contributed by atoms with E-state index in [1.54, 1.807) is 11.8 Å². The van der Waals surface area contributed by atoms with Crippen LogP contribution in [0.25, 0.3) is 0 Å². The molecule has 1 aliphatic heterocycles. The van der Waals surface area contributed by atoms with Crippen LogP contribution in [0.3, 0.4) is 0 Å². The SMILES string of the molecule is CCN(CC)CCCCCN1c2cc(Cl)ccc2Sc2cccnc21. The zero-order chi connectivity index (χ0) is 17.6. The Bertz CT molecular complexity index is 703. The number of fused-ring (bicyclic) bond motifs is 2. The van der Waals surface area contributed by atoms with Gasteiger partial charge in [-0.3, -0.25) is 0 Å². The Balaban J connectivity index is 1.67. The number of unbranched alkanes of at least 4 members (excludes halogenated alkanes) is 2. The topological polar surface area (TPSA) is 19.4 Å². The molecule has 134 valence electrons. The van der Waals surface area contributed by atoms with Crippen LogP contribution < -0.4 is 4.90 Å². The van der Waals surface area contributed by atoms with Crippen molar-refractivity contribution in [2.24, 2.45) is 0 Å². The zero-order valence-electron chi connectivity index (χ0n) is 15.0. The maximum Gasteiger partial charge on any atom is 0.147 e. The molecule has 0 spiro atoms. The van der Waals surface area contributed by atoms with Crippen LogP contribution in [-0.4, -0.2) is 36.1 Å². The Morgan fingerprint density at radius 1 is 1.08 bits per heavy atom. The van der Waals surface area contributed by atoms with E-state index in [2.05, 4.69) is 46.8 Å². The summed E-state index contributed by atoms with van der Waals surface area (Å²) < 4.78 is 0. The second kappa shape index (κ2) is 8.93. The number of rotatable bonds is 8. The van der Waals surface area contributed by atoms with E-state index >= 15 is 0 Å². The van der Waals surface area contributed by atoms with Crippen molar-refractivity contribution in [2.45, 2.75) is 42.9 Å². The number of aromatic nitrogens is 1. The molecule has 0 unspecified atom stereocenters. The Morgan fingerprint density at radius 2 is 1.92 bits per heavy atom. The number of anilines is 2. The van der Waals surface area contributed by atoms with Gasteiger partial charge in [0.2, 0.25) is 0 Å². The molecule has 1 aliphatic rings. The van der Waals surface area contributed by atoms with Gasteiger partial charge in [-0.2, -0.15) is 0 Å². The number of pyridine rings is 1. The van der Waals surface area contributed by atoms with E-state index in [1.807, 2.05) is 18.3 Å². The summed E-state index contributed by atoms with van der Waals surface area (Å²) in [7, 11) is 0. The second-order valence-electron chi connectivity index (χ2n) is 6.28. The number of benzene rings is 1. The van der Waals surface area contributed by atoms with Gasteiger partial charge in [-0.05, 0) is 62.8 Å². The molecule has 1 aromatic carbocycles. The first-order valence-corrected chi connectivity index (χ1v) is 10.3.